The van der Waals surface area contributed by atoms with Crippen LogP contribution in [0.15, 0.2) is 67.1 Å². The first-order valence-corrected chi connectivity index (χ1v) is 7.20. The fourth-order valence-corrected chi connectivity index (χ4v) is 3.17. The lowest BCUT2D eigenvalue weighted by molar-refractivity contribution is -0.659. The van der Waals surface area contributed by atoms with E-state index in [0.717, 1.165) is 0 Å². The van der Waals surface area contributed by atoms with Gasteiger partial charge in [-0.2, -0.15) is 0 Å². The third-order valence-electron chi connectivity index (χ3n) is 4.27. The van der Waals surface area contributed by atoms with E-state index in [1.807, 2.05) is 0 Å². The molecule has 0 N–H and O–H groups in total. The van der Waals surface area contributed by atoms with Crippen LogP contribution < -0.4 is 4.57 Å². The van der Waals surface area contributed by atoms with Gasteiger partial charge in [-0.3, -0.25) is 0 Å². The summed E-state index contributed by atoms with van der Waals surface area (Å²) in [6, 6.07) is 17.2. The van der Waals surface area contributed by atoms with Gasteiger partial charge in [-0.1, -0.05) is 18.2 Å². The lowest BCUT2D eigenvalue weighted by Gasteiger charge is -2.09. The molecule has 0 fully saturated rings. The second kappa shape index (κ2) is 4.45. The predicted molar refractivity (Wildman–Crippen MR) is 86.3 cm³/mol. The van der Waals surface area contributed by atoms with Crippen molar-refractivity contribution in [3.63, 3.8) is 0 Å². The number of pyridine rings is 2. The maximum Gasteiger partial charge on any atom is 0.220 e. The molecule has 0 atom stereocenters. The Balaban J connectivity index is 2.13. The van der Waals surface area contributed by atoms with E-state index in [2.05, 4.69) is 90.1 Å². The van der Waals surface area contributed by atoms with Crippen molar-refractivity contribution in [1.29, 1.82) is 0 Å². The summed E-state index contributed by atoms with van der Waals surface area (Å²) in [5.74, 6) is 0. The Morgan fingerprint density at radius 1 is 0.905 bits per heavy atom. The highest BCUT2D eigenvalue weighted by Crippen LogP contribution is 2.29. The highest BCUT2D eigenvalue weighted by atomic mass is 14.9. The monoisotopic (exact) mass is 273 g/mol. The van der Waals surface area contributed by atoms with E-state index < -0.39 is 0 Å². The molecule has 4 rings (SSSR count). The predicted octanol–water partition coefficient (Wildman–Crippen LogP) is 3.89. The summed E-state index contributed by atoms with van der Waals surface area (Å²) in [6.45, 7) is 2.20. The maximum atomic E-state index is 2.21. The lowest BCUT2D eigenvalue weighted by Crippen LogP contribution is -2.30. The molecule has 2 nitrogen and oxygen atoms in total. The van der Waals surface area contributed by atoms with Gasteiger partial charge in [-0.25, -0.2) is 4.57 Å². The quantitative estimate of drug-likeness (QED) is 0.465. The van der Waals surface area contributed by atoms with Gasteiger partial charge in [0, 0.05) is 24.0 Å². The number of hydrogen-bond donors (Lipinski definition) is 0. The van der Waals surface area contributed by atoms with Gasteiger partial charge >= 0.3 is 0 Å². The number of aryl methyl sites for hydroxylation is 2. The van der Waals surface area contributed by atoms with Crippen LogP contribution >= 0.6 is 0 Å². The molecule has 0 amide bonds. The van der Waals surface area contributed by atoms with Crippen LogP contribution in [0.2, 0.25) is 0 Å². The van der Waals surface area contributed by atoms with Crippen LogP contribution in [0.4, 0.5) is 0 Å². The highest BCUT2D eigenvalue weighted by Gasteiger charge is 2.17. The van der Waals surface area contributed by atoms with Crippen LogP contribution in [-0.4, -0.2) is 4.40 Å². The molecule has 0 aliphatic carbocycles. The summed E-state index contributed by atoms with van der Waals surface area (Å²) >= 11 is 0. The Hall–Kier alpha value is -2.61. The number of hydrogen-bond acceptors (Lipinski definition) is 0. The van der Waals surface area contributed by atoms with Crippen LogP contribution in [0.5, 0.6) is 0 Å². The average molecular weight is 273 g/mol. The van der Waals surface area contributed by atoms with Gasteiger partial charge in [0.05, 0.1) is 10.9 Å². The van der Waals surface area contributed by atoms with Gasteiger partial charge in [-0.15, -0.1) is 0 Å². The zero-order valence-electron chi connectivity index (χ0n) is 12.2. The highest BCUT2D eigenvalue weighted by molar-refractivity contribution is 5.94. The summed E-state index contributed by atoms with van der Waals surface area (Å²) in [5, 5.41) is 2.57. The van der Waals surface area contributed by atoms with Crippen LogP contribution in [0.1, 0.15) is 5.56 Å². The van der Waals surface area contributed by atoms with Crippen molar-refractivity contribution in [2.45, 2.75) is 6.92 Å². The SMILES string of the molecule is Cc1c(-c2c3ccccc3cc[n+]2C)ccn2cccc12. The third kappa shape index (κ3) is 1.76. The van der Waals surface area contributed by atoms with Crippen molar-refractivity contribution in [3.05, 3.63) is 72.7 Å². The van der Waals surface area contributed by atoms with E-state index >= 15 is 0 Å². The fourth-order valence-electron chi connectivity index (χ4n) is 3.17. The van der Waals surface area contributed by atoms with Gasteiger partial charge < -0.3 is 4.40 Å². The van der Waals surface area contributed by atoms with Gasteiger partial charge in [-0.05, 0) is 42.1 Å². The van der Waals surface area contributed by atoms with Crippen molar-refractivity contribution < 1.29 is 4.57 Å². The number of aromatic nitrogens is 2. The van der Waals surface area contributed by atoms with E-state index in [-0.39, 0.29) is 0 Å². The van der Waals surface area contributed by atoms with Gasteiger partial charge in [0.15, 0.2) is 6.20 Å². The first-order chi connectivity index (χ1) is 10.3. The summed E-state index contributed by atoms with van der Waals surface area (Å²) in [7, 11) is 2.11. The Kier molecular flexibility index (Phi) is 2.58. The minimum absolute atomic E-state index is 1.26. The molecule has 0 saturated heterocycles. The van der Waals surface area contributed by atoms with Crippen molar-refractivity contribution in [3.8, 4) is 11.3 Å². The summed E-state index contributed by atoms with van der Waals surface area (Å²) in [4.78, 5) is 0. The first kappa shape index (κ1) is 12.2. The maximum absolute atomic E-state index is 2.21. The molecule has 0 radical (unpaired) electrons. The topological polar surface area (TPSA) is 8.29 Å². The zero-order valence-corrected chi connectivity index (χ0v) is 12.2. The molecule has 21 heavy (non-hydrogen) atoms. The van der Waals surface area contributed by atoms with Gasteiger partial charge in [0.2, 0.25) is 5.69 Å². The molecular weight excluding hydrogens is 256 g/mol. The van der Waals surface area contributed by atoms with Crippen LogP contribution in [-0.2, 0) is 7.05 Å². The first-order valence-electron chi connectivity index (χ1n) is 7.20. The Morgan fingerprint density at radius 3 is 2.67 bits per heavy atom. The molecule has 102 valence electrons. The van der Waals surface area contributed by atoms with E-state index in [4.69, 9.17) is 0 Å². The molecule has 4 aromatic rings. The minimum Gasteiger partial charge on any atom is -0.324 e. The molecule has 0 unspecified atom stereocenters. The van der Waals surface area contributed by atoms with Crippen molar-refractivity contribution in [2.75, 3.05) is 0 Å². The lowest BCUT2D eigenvalue weighted by atomic mass is 10.00. The van der Waals surface area contributed by atoms with E-state index in [1.54, 1.807) is 0 Å². The second-order valence-electron chi connectivity index (χ2n) is 5.52. The summed E-state index contributed by atoms with van der Waals surface area (Å²) in [6.07, 6.45) is 6.37. The molecule has 1 aromatic carbocycles. The molecule has 0 spiro atoms. The Bertz CT molecular complexity index is 964. The Morgan fingerprint density at radius 2 is 1.76 bits per heavy atom. The molecule has 3 heterocycles. The molecule has 0 aliphatic heterocycles. The van der Waals surface area contributed by atoms with E-state index in [0.29, 0.717) is 0 Å². The second-order valence-corrected chi connectivity index (χ2v) is 5.52. The molecule has 0 saturated carbocycles. The van der Waals surface area contributed by atoms with Crippen molar-refractivity contribution >= 4 is 16.3 Å². The van der Waals surface area contributed by atoms with E-state index in [1.165, 1.54) is 33.1 Å². The molecule has 3 aromatic heterocycles. The van der Waals surface area contributed by atoms with Crippen LogP contribution in [0.3, 0.4) is 0 Å². The van der Waals surface area contributed by atoms with Crippen LogP contribution in [0.25, 0.3) is 27.5 Å². The summed E-state index contributed by atoms with van der Waals surface area (Å²) in [5.41, 5.74) is 5.14. The smallest absolute Gasteiger partial charge is 0.220 e. The largest absolute Gasteiger partial charge is 0.324 e. The molecule has 0 aliphatic rings. The van der Waals surface area contributed by atoms with Crippen molar-refractivity contribution in [2.24, 2.45) is 7.05 Å². The van der Waals surface area contributed by atoms with Crippen LogP contribution in [0, 0.1) is 6.92 Å². The number of rotatable bonds is 1. The van der Waals surface area contributed by atoms with Crippen molar-refractivity contribution in [1.82, 2.24) is 4.40 Å². The third-order valence-corrected chi connectivity index (χ3v) is 4.27. The standard InChI is InChI=1S/C19H17N2/c1-14-16(10-13-21-11-5-8-18(14)21)19-17-7-4-3-6-15(17)9-12-20(19)2/h3-13H,1-2H3/q+1. The fraction of sp³-hybridized carbons (Fsp3) is 0.105. The normalized spacial score (nSPS) is 11.3. The van der Waals surface area contributed by atoms with Gasteiger partial charge in [0.1, 0.15) is 7.05 Å². The molecule has 0 bridgehead atoms. The molecular formula is C19H17N2+. The Labute approximate surface area is 123 Å². The number of nitrogens with zero attached hydrogens (tertiary/aromatic N) is 2. The van der Waals surface area contributed by atoms with Gasteiger partial charge in [0.25, 0.3) is 0 Å². The van der Waals surface area contributed by atoms with E-state index in [9.17, 15) is 0 Å². The summed E-state index contributed by atoms with van der Waals surface area (Å²) < 4.78 is 4.38. The number of fused-ring (bicyclic) bond motifs is 2. The number of benzene rings is 1. The zero-order chi connectivity index (χ0) is 14.4. The minimum atomic E-state index is 1.26. The molecule has 2 heteroatoms. The average Bonchev–Trinajstić information content (AvgIpc) is 2.98.